The van der Waals surface area contributed by atoms with Crippen LogP contribution in [0.3, 0.4) is 0 Å². The molecule has 1 N–H and O–H groups in total. The van der Waals surface area contributed by atoms with Crippen molar-refractivity contribution in [2.24, 2.45) is 0 Å². The lowest BCUT2D eigenvalue weighted by atomic mass is 10.1. The Morgan fingerprint density at radius 3 is 2.50 bits per heavy atom. The summed E-state index contributed by atoms with van der Waals surface area (Å²) in [5.74, 6) is 1.00. The van der Waals surface area contributed by atoms with E-state index < -0.39 is 0 Å². The fourth-order valence-corrected chi connectivity index (χ4v) is 1.66. The van der Waals surface area contributed by atoms with Gasteiger partial charge < -0.3 is 10.1 Å². The van der Waals surface area contributed by atoms with E-state index in [1.807, 2.05) is 6.07 Å². The van der Waals surface area contributed by atoms with Crippen LogP contribution in [0.1, 0.15) is 45.7 Å². The first kappa shape index (κ1) is 13.0. The maximum atomic E-state index is 5.92. The molecular formula is C14H23NO. The van der Waals surface area contributed by atoms with E-state index >= 15 is 0 Å². The zero-order chi connectivity index (χ0) is 12.0. The average molecular weight is 221 g/mol. The molecule has 2 heteroatoms. The fraction of sp³-hybridized carbons (Fsp3) is 0.571. The fourth-order valence-electron chi connectivity index (χ4n) is 1.66. The maximum absolute atomic E-state index is 5.92. The Morgan fingerprint density at radius 2 is 1.88 bits per heavy atom. The molecule has 2 atom stereocenters. The van der Waals surface area contributed by atoms with Gasteiger partial charge in [-0.1, -0.05) is 32.0 Å². The highest BCUT2D eigenvalue weighted by Crippen LogP contribution is 2.25. The second-order valence-corrected chi connectivity index (χ2v) is 4.15. The molecule has 0 bridgehead atoms. The maximum Gasteiger partial charge on any atom is 0.124 e. The molecule has 0 aliphatic carbocycles. The Hall–Kier alpha value is -1.02. The third-order valence-electron chi connectivity index (χ3n) is 2.80. The minimum Gasteiger partial charge on any atom is -0.490 e. The van der Waals surface area contributed by atoms with E-state index in [0.29, 0.717) is 6.04 Å². The van der Waals surface area contributed by atoms with Gasteiger partial charge in [-0.15, -0.1) is 0 Å². The second kappa shape index (κ2) is 6.54. The van der Waals surface area contributed by atoms with Crippen LogP contribution in [0.25, 0.3) is 0 Å². The highest BCUT2D eigenvalue weighted by molar-refractivity contribution is 5.35. The third kappa shape index (κ3) is 3.53. The van der Waals surface area contributed by atoms with Gasteiger partial charge in [-0.3, -0.25) is 0 Å². The molecule has 0 unspecified atom stereocenters. The summed E-state index contributed by atoms with van der Waals surface area (Å²) in [7, 11) is 0. The van der Waals surface area contributed by atoms with Gasteiger partial charge in [0, 0.05) is 11.6 Å². The third-order valence-corrected chi connectivity index (χ3v) is 2.80. The van der Waals surface area contributed by atoms with Crippen LogP contribution < -0.4 is 10.1 Å². The predicted molar refractivity (Wildman–Crippen MR) is 68.9 cm³/mol. The molecule has 0 saturated heterocycles. The van der Waals surface area contributed by atoms with Crippen LogP contribution in [0.5, 0.6) is 5.75 Å². The van der Waals surface area contributed by atoms with Gasteiger partial charge in [0.2, 0.25) is 0 Å². The molecule has 1 aromatic rings. The van der Waals surface area contributed by atoms with Gasteiger partial charge in [-0.25, -0.2) is 0 Å². The van der Waals surface area contributed by atoms with Crippen LogP contribution >= 0.6 is 0 Å². The molecule has 0 spiro atoms. The van der Waals surface area contributed by atoms with Crippen LogP contribution in [0.4, 0.5) is 0 Å². The van der Waals surface area contributed by atoms with Gasteiger partial charge in [0.05, 0.1) is 6.10 Å². The Balaban J connectivity index is 2.82. The number of benzene rings is 1. The molecule has 0 saturated carbocycles. The van der Waals surface area contributed by atoms with Gasteiger partial charge >= 0.3 is 0 Å². The highest BCUT2D eigenvalue weighted by atomic mass is 16.5. The zero-order valence-electron chi connectivity index (χ0n) is 10.8. The monoisotopic (exact) mass is 221 g/mol. The summed E-state index contributed by atoms with van der Waals surface area (Å²) < 4.78 is 5.92. The first-order valence-electron chi connectivity index (χ1n) is 6.18. The normalized spacial score (nSPS) is 14.5. The van der Waals surface area contributed by atoms with Gasteiger partial charge in [-0.2, -0.15) is 0 Å². The number of rotatable bonds is 6. The largest absolute Gasteiger partial charge is 0.490 e. The van der Waals surface area contributed by atoms with Gasteiger partial charge in [-0.05, 0) is 32.9 Å². The number of hydrogen-bond acceptors (Lipinski definition) is 2. The van der Waals surface area contributed by atoms with Crippen LogP contribution in [0, 0.1) is 0 Å². The van der Waals surface area contributed by atoms with Crippen LogP contribution in [0.15, 0.2) is 24.3 Å². The molecule has 0 heterocycles. The summed E-state index contributed by atoms with van der Waals surface area (Å²) in [5, 5.41) is 3.41. The van der Waals surface area contributed by atoms with E-state index in [4.69, 9.17) is 4.74 Å². The van der Waals surface area contributed by atoms with Crippen molar-refractivity contribution >= 4 is 0 Å². The molecule has 0 fully saturated rings. The van der Waals surface area contributed by atoms with Crippen molar-refractivity contribution in [3.05, 3.63) is 29.8 Å². The smallest absolute Gasteiger partial charge is 0.124 e. The van der Waals surface area contributed by atoms with Crippen LogP contribution in [0.2, 0.25) is 0 Å². The van der Waals surface area contributed by atoms with Crippen molar-refractivity contribution in [3.8, 4) is 5.75 Å². The quantitative estimate of drug-likeness (QED) is 0.793. The van der Waals surface area contributed by atoms with Gasteiger partial charge in [0.1, 0.15) is 5.75 Å². The van der Waals surface area contributed by atoms with E-state index in [1.165, 1.54) is 5.56 Å². The van der Waals surface area contributed by atoms with Crippen molar-refractivity contribution in [2.45, 2.75) is 46.3 Å². The Labute approximate surface area is 99.0 Å². The van der Waals surface area contributed by atoms with Crippen molar-refractivity contribution < 1.29 is 4.74 Å². The number of para-hydroxylation sites is 1. The Bertz CT molecular complexity index is 311. The minimum absolute atomic E-state index is 0.273. The minimum atomic E-state index is 0.273. The molecular weight excluding hydrogens is 198 g/mol. The number of ether oxygens (including phenoxy) is 1. The van der Waals surface area contributed by atoms with Crippen molar-refractivity contribution in [1.82, 2.24) is 5.32 Å². The Kier molecular flexibility index (Phi) is 5.33. The molecule has 2 nitrogen and oxygen atoms in total. The molecule has 1 aromatic carbocycles. The molecule has 1 rings (SSSR count). The molecule has 0 aliphatic rings. The van der Waals surface area contributed by atoms with Gasteiger partial charge in [0.25, 0.3) is 0 Å². The first-order valence-corrected chi connectivity index (χ1v) is 6.18. The topological polar surface area (TPSA) is 21.3 Å². The summed E-state index contributed by atoms with van der Waals surface area (Å²) in [6.07, 6.45) is 1.30. The zero-order valence-corrected chi connectivity index (χ0v) is 10.8. The summed E-state index contributed by atoms with van der Waals surface area (Å²) in [6, 6.07) is 8.61. The summed E-state index contributed by atoms with van der Waals surface area (Å²) in [6.45, 7) is 9.51. The Morgan fingerprint density at radius 1 is 1.19 bits per heavy atom. The van der Waals surface area contributed by atoms with Crippen LogP contribution in [-0.2, 0) is 0 Å². The SMILES string of the molecule is CCN[C@@H](C)c1ccccc1O[C@H](C)CC. The number of nitrogens with one attached hydrogen (secondary N) is 1. The molecule has 16 heavy (non-hydrogen) atoms. The van der Waals surface area contributed by atoms with E-state index in [2.05, 4.69) is 51.2 Å². The molecule has 0 radical (unpaired) electrons. The number of hydrogen-bond donors (Lipinski definition) is 1. The lowest BCUT2D eigenvalue weighted by molar-refractivity contribution is 0.214. The summed E-state index contributed by atoms with van der Waals surface area (Å²) in [4.78, 5) is 0. The average Bonchev–Trinajstić information content (AvgIpc) is 2.30. The van der Waals surface area contributed by atoms with E-state index in [-0.39, 0.29) is 6.10 Å². The van der Waals surface area contributed by atoms with Gasteiger partial charge in [0.15, 0.2) is 0 Å². The summed E-state index contributed by atoms with van der Waals surface area (Å²) in [5.41, 5.74) is 1.24. The second-order valence-electron chi connectivity index (χ2n) is 4.15. The molecule has 0 amide bonds. The molecule has 0 aliphatic heterocycles. The van der Waals surface area contributed by atoms with E-state index in [0.717, 1.165) is 18.7 Å². The van der Waals surface area contributed by atoms with E-state index in [1.54, 1.807) is 0 Å². The lowest BCUT2D eigenvalue weighted by Gasteiger charge is -2.20. The molecule has 0 aromatic heterocycles. The standard InChI is InChI=1S/C14H23NO/c1-5-11(3)16-14-10-8-7-9-13(14)12(4)15-6-2/h7-12,15H,5-6H2,1-4H3/t11-,12+/m1/s1. The molecule has 90 valence electrons. The van der Waals surface area contributed by atoms with Crippen molar-refractivity contribution in [2.75, 3.05) is 6.54 Å². The van der Waals surface area contributed by atoms with Crippen molar-refractivity contribution in [3.63, 3.8) is 0 Å². The van der Waals surface area contributed by atoms with Crippen LogP contribution in [-0.4, -0.2) is 12.6 Å². The summed E-state index contributed by atoms with van der Waals surface area (Å²) >= 11 is 0. The predicted octanol–water partition coefficient (Wildman–Crippen LogP) is 3.53. The highest BCUT2D eigenvalue weighted by Gasteiger charge is 2.11. The first-order chi connectivity index (χ1) is 7.69. The lowest BCUT2D eigenvalue weighted by Crippen LogP contribution is -2.19. The van der Waals surface area contributed by atoms with Crippen molar-refractivity contribution in [1.29, 1.82) is 0 Å². The van der Waals surface area contributed by atoms with E-state index in [9.17, 15) is 0 Å².